The Bertz CT molecular complexity index is 827. The summed E-state index contributed by atoms with van der Waals surface area (Å²) in [6, 6.07) is 3.76. The molecule has 0 spiro atoms. The second-order valence-electron chi connectivity index (χ2n) is 4.65. The Morgan fingerprint density at radius 3 is 2.25 bits per heavy atom. The van der Waals surface area contributed by atoms with Crippen LogP contribution in [-0.4, -0.2) is 25.5 Å². The molecule has 1 N–H and O–H groups in total. The number of rotatable bonds is 5. The minimum absolute atomic E-state index is 0.148. The molecule has 2 aromatic rings. The van der Waals surface area contributed by atoms with Gasteiger partial charge < -0.3 is 15.4 Å². The zero-order valence-electron chi connectivity index (χ0n) is 12.0. The fraction of sp³-hybridized carbons (Fsp3) is 0.167. The first-order valence-electron chi connectivity index (χ1n) is 6.31. The van der Waals surface area contributed by atoms with Crippen molar-refractivity contribution in [1.82, 2.24) is 9.78 Å². The van der Waals surface area contributed by atoms with E-state index >= 15 is 0 Å². The molecule has 10 nitrogen and oxygen atoms in total. The Balaban J connectivity index is 2.19. The third-order valence-corrected chi connectivity index (χ3v) is 4.20. The quantitative estimate of drug-likeness (QED) is 0.535. The Kier molecular flexibility index (Phi) is 5.29. The van der Waals surface area contributed by atoms with Gasteiger partial charge in [-0.25, -0.2) is 0 Å². The van der Waals surface area contributed by atoms with Crippen LogP contribution in [0.15, 0.2) is 27.1 Å². The fourth-order valence-corrected chi connectivity index (χ4v) is 3.20. The van der Waals surface area contributed by atoms with Gasteiger partial charge in [0.2, 0.25) is 5.91 Å². The molecular formula is C12H9Br2N5O5. The molecule has 126 valence electrons. The van der Waals surface area contributed by atoms with E-state index in [-0.39, 0.29) is 18.1 Å². The molecule has 0 aliphatic rings. The number of amides is 1. The van der Waals surface area contributed by atoms with Crippen LogP contribution in [0.5, 0.6) is 0 Å². The van der Waals surface area contributed by atoms with Crippen LogP contribution in [0.4, 0.5) is 17.2 Å². The number of nitro benzene ring substituents is 1. The van der Waals surface area contributed by atoms with Gasteiger partial charge in [0.25, 0.3) is 5.69 Å². The monoisotopic (exact) mass is 461 g/mol. The maximum Gasteiger partial charge on any atom is 0.390 e. The smallest absolute Gasteiger partial charge is 0.358 e. The van der Waals surface area contributed by atoms with E-state index in [9.17, 15) is 25.0 Å². The predicted octanol–water partition coefficient (Wildman–Crippen LogP) is 3.17. The van der Waals surface area contributed by atoms with Crippen molar-refractivity contribution in [3.63, 3.8) is 0 Å². The molecule has 1 heterocycles. The lowest BCUT2D eigenvalue weighted by Crippen LogP contribution is -2.20. The summed E-state index contributed by atoms with van der Waals surface area (Å²) in [5.41, 5.74) is 0.619. The van der Waals surface area contributed by atoms with Crippen molar-refractivity contribution in [2.75, 3.05) is 5.32 Å². The molecule has 12 heteroatoms. The largest absolute Gasteiger partial charge is 0.390 e. The molecule has 0 aliphatic heterocycles. The molecule has 1 amide bonds. The van der Waals surface area contributed by atoms with E-state index in [4.69, 9.17) is 0 Å². The lowest BCUT2D eigenvalue weighted by atomic mass is 10.3. The number of hydrogen-bond donors (Lipinski definition) is 1. The number of nitrogens with one attached hydrogen (secondary N) is 1. The topological polar surface area (TPSA) is 133 Å². The highest BCUT2D eigenvalue weighted by molar-refractivity contribution is 9.11. The number of halogens is 2. The van der Waals surface area contributed by atoms with E-state index in [1.54, 1.807) is 6.92 Å². The van der Waals surface area contributed by atoms with E-state index in [0.717, 1.165) is 0 Å². The van der Waals surface area contributed by atoms with Crippen LogP contribution in [-0.2, 0) is 11.3 Å². The number of anilines is 1. The molecular weight excluding hydrogens is 454 g/mol. The summed E-state index contributed by atoms with van der Waals surface area (Å²) in [6.07, 6.45) is 0. The van der Waals surface area contributed by atoms with Crippen LogP contribution in [0, 0.1) is 27.2 Å². The highest BCUT2D eigenvalue weighted by Gasteiger charge is 2.20. The lowest BCUT2D eigenvalue weighted by Gasteiger charge is -2.09. The fourth-order valence-electron chi connectivity index (χ4n) is 1.84. The standard InChI is InChI=1S/C12H9Br2N5O5/c1-6-2-10(19(23)24)16-17(6)5-11(20)15-12-8(13)3-7(18(21)22)4-9(12)14/h2-4H,5H2,1H3,(H,15,20). The molecule has 0 aliphatic carbocycles. The van der Waals surface area contributed by atoms with E-state index in [0.29, 0.717) is 20.3 Å². The molecule has 0 radical (unpaired) electrons. The van der Waals surface area contributed by atoms with Crippen molar-refractivity contribution < 1.29 is 14.6 Å². The first kappa shape index (κ1) is 18.0. The second kappa shape index (κ2) is 7.05. The molecule has 2 rings (SSSR count). The van der Waals surface area contributed by atoms with Gasteiger partial charge in [0, 0.05) is 21.1 Å². The summed E-state index contributed by atoms with van der Waals surface area (Å²) in [6.45, 7) is 1.35. The van der Waals surface area contributed by atoms with Crippen molar-refractivity contribution in [2.45, 2.75) is 13.5 Å². The maximum atomic E-state index is 12.1. The van der Waals surface area contributed by atoms with Crippen LogP contribution in [0.3, 0.4) is 0 Å². The molecule has 0 fully saturated rings. The van der Waals surface area contributed by atoms with Crippen LogP contribution >= 0.6 is 31.9 Å². The number of carbonyl (C=O) groups is 1. The number of carbonyl (C=O) groups excluding carboxylic acids is 1. The number of aromatic nitrogens is 2. The van der Waals surface area contributed by atoms with Gasteiger partial charge in [-0.3, -0.25) is 14.9 Å². The third-order valence-electron chi connectivity index (χ3n) is 2.95. The van der Waals surface area contributed by atoms with Crippen molar-refractivity contribution in [1.29, 1.82) is 0 Å². The van der Waals surface area contributed by atoms with E-state index in [1.165, 1.54) is 22.9 Å². The molecule has 24 heavy (non-hydrogen) atoms. The van der Waals surface area contributed by atoms with Gasteiger partial charge in [0.05, 0.1) is 27.5 Å². The van der Waals surface area contributed by atoms with Gasteiger partial charge in [0.1, 0.15) is 6.54 Å². The normalized spacial score (nSPS) is 10.5. The first-order valence-corrected chi connectivity index (χ1v) is 7.89. The van der Waals surface area contributed by atoms with Crippen molar-refractivity contribution >= 4 is 55.0 Å². The van der Waals surface area contributed by atoms with Gasteiger partial charge in [-0.1, -0.05) is 0 Å². The van der Waals surface area contributed by atoms with Gasteiger partial charge in [-0.2, -0.15) is 4.68 Å². The molecule has 0 saturated carbocycles. The summed E-state index contributed by atoms with van der Waals surface area (Å²) in [7, 11) is 0. The average Bonchev–Trinajstić information content (AvgIpc) is 2.84. The number of aryl methyl sites for hydroxylation is 1. The average molecular weight is 463 g/mol. The van der Waals surface area contributed by atoms with Crippen LogP contribution < -0.4 is 5.32 Å². The number of non-ortho nitro benzene ring substituents is 1. The summed E-state index contributed by atoms with van der Waals surface area (Å²) in [4.78, 5) is 32.4. The molecule has 0 atom stereocenters. The van der Waals surface area contributed by atoms with Crippen molar-refractivity contribution in [3.8, 4) is 0 Å². The van der Waals surface area contributed by atoms with Gasteiger partial charge in [-0.05, 0) is 43.7 Å². The van der Waals surface area contributed by atoms with E-state index < -0.39 is 15.8 Å². The molecule has 0 saturated heterocycles. The summed E-state index contributed by atoms with van der Waals surface area (Å²) < 4.78 is 1.83. The van der Waals surface area contributed by atoms with Gasteiger partial charge in [0.15, 0.2) is 0 Å². The summed E-state index contributed by atoms with van der Waals surface area (Å²) in [5.74, 6) is -0.843. The summed E-state index contributed by atoms with van der Waals surface area (Å²) in [5, 5.41) is 27.8. The van der Waals surface area contributed by atoms with Crippen molar-refractivity contribution in [2.24, 2.45) is 0 Å². The molecule has 0 bridgehead atoms. The zero-order valence-corrected chi connectivity index (χ0v) is 15.2. The maximum absolute atomic E-state index is 12.1. The van der Waals surface area contributed by atoms with Gasteiger partial charge in [-0.15, -0.1) is 0 Å². The van der Waals surface area contributed by atoms with E-state index in [1.807, 2.05) is 0 Å². The Hall–Kier alpha value is -2.34. The highest BCUT2D eigenvalue weighted by Crippen LogP contribution is 2.35. The second-order valence-corrected chi connectivity index (χ2v) is 6.36. The number of nitrogens with zero attached hydrogens (tertiary/aromatic N) is 4. The molecule has 1 aromatic heterocycles. The SMILES string of the molecule is Cc1cc([N+](=O)[O-])nn1CC(=O)Nc1c(Br)cc([N+](=O)[O-])cc1Br. The highest BCUT2D eigenvalue weighted by atomic mass is 79.9. The Morgan fingerprint density at radius 1 is 1.21 bits per heavy atom. The van der Waals surface area contributed by atoms with Crippen LogP contribution in [0.25, 0.3) is 0 Å². The predicted molar refractivity (Wildman–Crippen MR) is 90.7 cm³/mol. The molecule has 1 aromatic carbocycles. The van der Waals surface area contributed by atoms with Crippen LogP contribution in [0.2, 0.25) is 0 Å². The zero-order chi connectivity index (χ0) is 18.0. The lowest BCUT2D eigenvalue weighted by molar-refractivity contribution is -0.389. The number of hydrogen-bond acceptors (Lipinski definition) is 6. The minimum atomic E-state index is -0.648. The van der Waals surface area contributed by atoms with Gasteiger partial charge >= 0.3 is 5.82 Å². The number of benzene rings is 1. The minimum Gasteiger partial charge on any atom is -0.358 e. The Morgan fingerprint density at radius 2 is 1.79 bits per heavy atom. The first-order chi connectivity index (χ1) is 11.2. The third kappa shape index (κ3) is 3.94. The number of nitro groups is 2. The molecule has 0 unspecified atom stereocenters. The van der Waals surface area contributed by atoms with Crippen molar-refractivity contribution in [3.05, 3.63) is 53.1 Å². The Labute approximate surface area is 151 Å². The van der Waals surface area contributed by atoms with E-state index in [2.05, 4.69) is 42.3 Å². The summed E-state index contributed by atoms with van der Waals surface area (Å²) >= 11 is 6.31. The van der Waals surface area contributed by atoms with Crippen LogP contribution in [0.1, 0.15) is 5.69 Å².